The number of carbonyl (C=O) groups is 1. The molecule has 9 heteroatoms. The lowest BCUT2D eigenvalue weighted by Gasteiger charge is -2.10. The molecule has 2 aromatic heterocycles. The van der Waals surface area contributed by atoms with Crippen molar-refractivity contribution in [2.75, 3.05) is 32.2 Å². The van der Waals surface area contributed by atoms with Crippen LogP contribution < -0.4 is 31.2 Å². The Labute approximate surface area is 165 Å². The maximum absolute atomic E-state index is 12.6. The van der Waals surface area contributed by atoms with Crippen LogP contribution in [0.25, 0.3) is 10.2 Å². The molecular weight excluding hydrogens is 378 g/mol. The fourth-order valence-electron chi connectivity index (χ4n) is 2.80. The van der Waals surface area contributed by atoms with Gasteiger partial charge in [0, 0.05) is 6.54 Å². The summed E-state index contributed by atoms with van der Waals surface area (Å²) in [6.07, 6.45) is 0.620. The molecule has 0 spiro atoms. The molecule has 0 radical (unpaired) electrons. The summed E-state index contributed by atoms with van der Waals surface area (Å²) >= 11 is 1.20. The van der Waals surface area contributed by atoms with Gasteiger partial charge in [0.15, 0.2) is 16.3 Å². The molecule has 0 aliphatic rings. The van der Waals surface area contributed by atoms with Gasteiger partial charge in [-0.1, -0.05) is 17.4 Å². The Hall–Kier alpha value is -3.51. The number of nitrogens with zero attached hydrogens (tertiary/aromatic N) is 1. The van der Waals surface area contributed by atoms with E-state index in [4.69, 9.17) is 26.2 Å². The molecule has 1 aromatic carbocycles. The lowest BCUT2D eigenvalue weighted by atomic mass is 10.1. The van der Waals surface area contributed by atoms with Gasteiger partial charge >= 0.3 is 0 Å². The molecule has 0 fully saturated rings. The average molecular weight is 398 g/mol. The molecule has 0 saturated carbocycles. The molecule has 8 nitrogen and oxygen atoms in total. The highest BCUT2D eigenvalue weighted by Crippen LogP contribution is 2.32. The van der Waals surface area contributed by atoms with E-state index in [1.54, 1.807) is 20.3 Å². The highest BCUT2D eigenvalue weighted by molar-refractivity contribution is 7.20. The number of aromatic amines is 1. The van der Waals surface area contributed by atoms with E-state index >= 15 is 0 Å². The molecule has 1 amide bonds. The number of aromatic nitrogens is 1. The van der Waals surface area contributed by atoms with Crippen LogP contribution in [0.1, 0.15) is 20.8 Å². The molecule has 3 aromatic rings. The molecule has 0 bridgehead atoms. The summed E-state index contributed by atoms with van der Waals surface area (Å²) in [4.78, 5) is 16.5. The van der Waals surface area contributed by atoms with Gasteiger partial charge in [0.1, 0.15) is 16.5 Å². The molecule has 6 N–H and O–H groups in total. The number of carbonyl (C=O) groups excluding carboxylic acids is 1. The number of rotatable bonds is 6. The molecule has 0 unspecified atom stereocenters. The third-order valence-electron chi connectivity index (χ3n) is 4.28. The Balaban J connectivity index is 1.72. The summed E-state index contributed by atoms with van der Waals surface area (Å²) in [5, 5.41) is 12.6. The van der Waals surface area contributed by atoms with Gasteiger partial charge in [-0.25, -0.2) is 4.98 Å². The molecule has 2 heterocycles. The summed E-state index contributed by atoms with van der Waals surface area (Å²) in [5.41, 5.74) is 13.5. The van der Waals surface area contributed by atoms with Gasteiger partial charge in [0.05, 0.1) is 25.3 Å². The van der Waals surface area contributed by atoms with Crippen LogP contribution in [0.15, 0.2) is 24.3 Å². The third kappa shape index (κ3) is 3.63. The standard InChI is InChI=1S/C19H19N5O3S/c1-26-13-4-3-10(7-14(13)27-2)5-6-23-18(25)16-15(21)12-8-11(9-20)17(22)24-19(12)28-16/h3-4,7-8H,5-6,21H2,1-2H3,(H2,22,24)(H,23,25)/p+1. The summed E-state index contributed by atoms with van der Waals surface area (Å²) in [6.45, 7) is 0.428. The highest BCUT2D eigenvalue weighted by atomic mass is 32.1. The van der Waals surface area contributed by atoms with Gasteiger partial charge in [-0.05, 0) is 30.2 Å². The quantitative estimate of drug-likeness (QED) is 0.578. The lowest BCUT2D eigenvalue weighted by Crippen LogP contribution is -2.25. The summed E-state index contributed by atoms with van der Waals surface area (Å²) in [5.74, 6) is 1.27. The minimum Gasteiger partial charge on any atom is -0.493 e. The van der Waals surface area contributed by atoms with Crippen molar-refractivity contribution < 1.29 is 19.3 Å². The van der Waals surface area contributed by atoms with E-state index in [0.29, 0.717) is 45.2 Å². The van der Waals surface area contributed by atoms with E-state index in [1.165, 1.54) is 11.3 Å². The zero-order valence-electron chi connectivity index (χ0n) is 15.5. The lowest BCUT2D eigenvalue weighted by molar-refractivity contribution is -0.323. The highest BCUT2D eigenvalue weighted by Gasteiger charge is 2.20. The fourth-order valence-corrected chi connectivity index (χ4v) is 3.83. The Morgan fingerprint density at radius 3 is 2.68 bits per heavy atom. The number of fused-ring (bicyclic) bond motifs is 1. The SMILES string of the molecule is COc1ccc(CCNC(=O)c2sc3[nH+]c(N)c(C#N)cc3c2N)cc1OC. The van der Waals surface area contributed by atoms with Crippen molar-refractivity contribution >= 4 is 39.0 Å². The van der Waals surface area contributed by atoms with Crippen LogP contribution in [0.4, 0.5) is 11.5 Å². The second-order valence-electron chi connectivity index (χ2n) is 5.99. The molecule has 3 rings (SSSR count). The average Bonchev–Trinajstić information content (AvgIpc) is 3.02. The number of nitrogens with two attached hydrogens (primary N) is 2. The predicted octanol–water partition coefficient (Wildman–Crippen LogP) is 1.74. The predicted molar refractivity (Wildman–Crippen MR) is 108 cm³/mol. The number of nitrogens with one attached hydrogen (secondary N) is 2. The number of methoxy groups -OCH3 is 2. The van der Waals surface area contributed by atoms with Crippen molar-refractivity contribution in [2.45, 2.75) is 6.42 Å². The van der Waals surface area contributed by atoms with E-state index in [0.717, 1.165) is 5.56 Å². The van der Waals surface area contributed by atoms with Gasteiger partial charge in [0.25, 0.3) is 11.7 Å². The van der Waals surface area contributed by atoms with Crippen molar-refractivity contribution in [3.63, 3.8) is 0 Å². The number of nitrogen functional groups attached to an aromatic ring is 2. The second kappa shape index (κ2) is 8.02. The van der Waals surface area contributed by atoms with Crippen molar-refractivity contribution in [3.05, 3.63) is 40.3 Å². The van der Waals surface area contributed by atoms with Crippen molar-refractivity contribution in [2.24, 2.45) is 0 Å². The molecule has 0 aliphatic carbocycles. The molecule has 0 saturated heterocycles. The molecule has 28 heavy (non-hydrogen) atoms. The number of H-pyrrole nitrogens is 1. The maximum Gasteiger partial charge on any atom is 0.289 e. The zero-order chi connectivity index (χ0) is 20.3. The number of amides is 1. The third-order valence-corrected chi connectivity index (χ3v) is 5.42. The topological polar surface area (TPSA) is 138 Å². The van der Waals surface area contributed by atoms with Crippen LogP contribution in [-0.2, 0) is 6.42 Å². The number of nitriles is 1. The maximum atomic E-state index is 12.6. The number of ether oxygens (including phenoxy) is 2. The normalized spacial score (nSPS) is 10.5. The van der Waals surface area contributed by atoms with Crippen molar-refractivity contribution in [1.82, 2.24) is 5.32 Å². The van der Waals surface area contributed by atoms with E-state index in [9.17, 15) is 4.79 Å². The molecular formula is C19H20N5O3S+. The van der Waals surface area contributed by atoms with E-state index in [2.05, 4.69) is 10.3 Å². The largest absolute Gasteiger partial charge is 0.493 e. The van der Waals surface area contributed by atoms with E-state index in [1.807, 2.05) is 24.3 Å². The van der Waals surface area contributed by atoms with Crippen LogP contribution >= 0.6 is 11.3 Å². The Bertz CT molecular complexity index is 1090. The number of hydrogen-bond donors (Lipinski definition) is 3. The summed E-state index contributed by atoms with van der Waals surface area (Å²) in [6, 6.07) is 9.21. The van der Waals surface area contributed by atoms with Crippen LogP contribution in [0, 0.1) is 11.3 Å². The smallest absolute Gasteiger partial charge is 0.289 e. The summed E-state index contributed by atoms with van der Waals surface area (Å²) in [7, 11) is 3.16. The summed E-state index contributed by atoms with van der Waals surface area (Å²) < 4.78 is 10.5. The number of hydrogen-bond acceptors (Lipinski definition) is 7. The fraction of sp³-hybridized carbons (Fsp3) is 0.211. The Morgan fingerprint density at radius 1 is 1.25 bits per heavy atom. The van der Waals surface area contributed by atoms with Gasteiger partial charge in [-0.15, -0.1) is 0 Å². The molecule has 144 valence electrons. The number of pyridine rings is 1. The van der Waals surface area contributed by atoms with Crippen LogP contribution in [0.5, 0.6) is 11.5 Å². The van der Waals surface area contributed by atoms with Crippen LogP contribution in [-0.4, -0.2) is 26.7 Å². The molecule has 0 atom stereocenters. The minimum absolute atomic E-state index is 0.247. The first-order chi connectivity index (χ1) is 13.5. The first-order valence-electron chi connectivity index (χ1n) is 8.41. The zero-order valence-corrected chi connectivity index (χ0v) is 16.3. The van der Waals surface area contributed by atoms with Gasteiger partial charge < -0.3 is 20.5 Å². The number of benzene rings is 1. The number of anilines is 2. The van der Waals surface area contributed by atoms with Crippen molar-refractivity contribution in [3.8, 4) is 17.6 Å². The number of thiophene rings is 1. The van der Waals surface area contributed by atoms with E-state index < -0.39 is 0 Å². The minimum atomic E-state index is -0.273. The first kappa shape index (κ1) is 19.3. The second-order valence-corrected chi connectivity index (χ2v) is 7.01. The van der Waals surface area contributed by atoms with Gasteiger partial charge in [-0.3, -0.25) is 10.5 Å². The molecule has 0 aliphatic heterocycles. The van der Waals surface area contributed by atoms with Gasteiger partial charge in [0.2, 0.25) is 0 Å². The Kier molecular flexibility index (Phi) is 5.52. The van der Waals surface area contributed by atoms with Crippen molar-refractivity contribution in [1.29, 1.82) is 5.26 Å². The van der Waals surface area contributed by atoms with Gasteiger partial charge in [-0.2, -0.15) is 5.26 Å². The van der Waals surface area contributed by atoms with Crippen LogP contribution in [0.3, 0.4) is 0 Å². The first-order valence-corrected chi connectivity index (χ1v) is 9.23. The Morgan fingerprint density at radius 2 is 2.00 bits per heavy atom. The monoisotopic (exact) mass is 398 g/mol. The van der Waals surface area contributed by atoms with Crippen LogP contribution in [0.2, 0.25) is 0 Å². The van der Waals surface area contributed by atoms with E-state index in [-0.39, 0.29) is 17.3 Å².